The second-order valence-electron chi connectivity index (χ2n) is 5.91. The zero-order chi connectivity index (χ0) is 16.9. The molecule has 118 valence electrons. The number of amides is 1. The Morgan fingerprint density at radius 1 is 1.36 bits per heavy atom. The average Bonchev–Trinajstić information content (AvgIpc) is 2.46. The van der Waals surface area contributed by atoms with Crippen molar-refractivity contribution in [3.63, 3.8) is 0 Å². The van der Waals surface area contributed by atoms with Crippen molar-refractivity contribution in [2.75, 3.05) is 6.61 Å². The highest BCUT2D eigenvalue weighted by molar-refractivity contribution is 5.93. The summed E-state index contributed by atoms with van der Waals surface area (Å²) < 4.78 is 5.04. The number of ether oxygens (including phenoxy) is 1. The molecular formula is C17H22N2O3. The monoisotopic (exact) mass is 302 g/mol. The standard InChI is InChI=1S/C17H22N2O3/c1-11(2)17(5,10-18)19-15(20)9-22-16(21)14-8-12(3)6-7-13(14)4/h6-8,11H,9H2,1-5H3,(H,19,20). The SMILES string of the molecule is Cc1ccc(C)c(C(=O)OCC(=O)NC(C)(C#N)C(C)C)c1. The number of carbonyl (C=O) groups excluding carboxylic acids is 2. The topological polar surface area (TPSA) is 79.2 Å². The van der Waals surface area contributed by atoms with Crippen LogP contribution in [0.2, 0.25) is 0 Å². The first-order chi connectivity index (χ1) is 10.2. The molecule has 1 amide bonds. The van der Waals surface area contributed by atoms with Crippen molar-refractivity contribution in [1.82, 2.24) is 5.32 Å². The van der Waals surface area contributed by atoms with Gasteiger partial charge in [-0.05, 0) is 38.3 Å². The van der Waals surface area contributed by atoms with Crippen LogP contribution < -0.4 is 5.32 Å². The first-order valence-corrected chi connectivity index (χ1v) is 7.16. The van der Waals surface area contributed by atoms with Crippen molar-refractivity contribution >= 4 is 11.9 Å². The van der Waals surface area contributed by atoms with Gasteiger partial charge in [0.2, 0.25) is 0 Å². The minimum atomic E-state index is -0.983. The fourth-order valence-corrected chi connectivity index (χ4v) is 1.79. The zero-order valence-electron chi connectivity index (χ0n) is 13.7. The predicted octanol–water partition coefficient (Wildman–Crippen LogP) is 2.51. The second-order valence-corrected chi connectivity index (χ2v) is 5.91. The molecule has 0 heterocycles. The molecule has 0 spiro atoms. The minimum absolute atomic E-state index is 0.0591. The maximum Gasteiger partial charge on any atom is 0.338 e. The quantitative estimate of drug-likeness (QED) is 0.848. The fraction of sp³-hybridized carbons (Fsp3) is 0.471. The first kappa shape index (κ1) is 17.7. The number of nitrogens with one attached hydrogen (secondary N) is 1. The highest BCUT2D eigenvalue weighted by Crippen LogP contribution is 2.15. The molecule has 1 aromatic rings. The van der Waals surface area contributed by atoms with E-state index in [9.17, 15) is 9.59 Å². The summed E-state index contributed by atoms with van der Waals surface area (Å²) in [5, 5.41) is 11.8. The number of hydrogen-bond donors (Lipinski definition) is 1. The van der Waals surface area contributed by atoms with E-state index in [2.05, 4.69) is 11.4 Å². The zero-order valence-corrected chi connectivity index (χ0v) is 13.7. The third kappa shape index (κ3) is 4.32. The number of esters is 1. The smallest absolute Gasteiger partial charge is 0.338 e. The number of hydrogen-bond acceptors (Lipinski definition) is 4. The van der Waals surface area contributed by atoms with Gasteiger partial charge in [0, 0.05) is 0 Å². The molecule has 0 radical (unpaired) electrons. The Labute approximate surface area is 131 Å². The van der Waals surface area contributed by atoms with Crippen LogP contribution in [0.5, 0.6) is 0 Å². The summed E-state index contributed by atoms with van der Waals surface area (Å²) >= 11 is 0. The van der Waals surface area contributed by atoms with Gasteiger partial charge in [-0.25, -0.2) is 4.79 Å². The van der Waals surface area contributed by atoms with Crippen LogP contribution in [-0.4, -0.2) is 24.0 Å². The summed E-state index contributed by atoms with van der Waals surface area (Å²) in [6.45, 7) is 8.60. The van der Waals surface area contributed by atoms with E-state index in [0.717, 1.165) is 11.1 Å². The molecule has 1 aromatic carbocycles. The molecule has 5 heteroatoms. The highest BCUT2D eigenvalue weighted by Gasteiger charge is 2.30. The third-order valence-electron chi connectivity index (χ3n) is 3.73. The molecule has 0 saturated carbocycles. The lowest BCUT2D eigenvalue weighted by molar-refractivity contribution is -0.125. The third-order valence-corrected chi connectivity index (χ3v) is 3.73. The normalized spacial score (nSPS) is 13.1. The number of nitriles is 1. The van der Waals surface area contributed by atoms with Crippen LogP contribution in [0.15, 0.2) is 18.2 Å². The summed E-state index contributed by atoms with van der Waals surface area (Å²) in [6, 6.07) is 7.53. The summed E-state index contributed by atoms with van der Waals surface area (Å²) in [6.07, 6.45) is 0. The van der Waals surface area contributed by atoms with Crippen LogP contribution in [0.3, 0.4) is 0 Å². The van der Waals surface area contributed by atoms with Gasteiger partial charge in [0.15, 0.2) is 6.61 Å². The molecule has 5 nitrogen and oxygen atoms in total. The van der Waals surface area contributed by atoms with Gasteiger partial charge < -0.3 is 10.1 Å². The lowest BCUT2D eigenvalue weighted by Crippen LogP contribution is -2.50. The molecule has 0 aromatic heterocycles. The van der Waals surface area contributed by atoms with Crippen molar-refractivity contribution < 1.29 is 14.3 Å². The van der Waals surface area contributed by atoms with E-state index in [1.54, 1.807) is 13.0 Å². The van der Waals surface area contributed by atoms with Gasteiger partial charge in [-0.1, -0.05) is 31.5 Å². The Bertz CT molecular complexity index is 617. The van der Waals surface area contributed by atoms with E-state index < -0.39 is 24.0 Å². The molecule has 1 N–H and O–H groups in total. The first-order valence-electron chi connectivity index (χ1n) is 7.16. The Balaban J connectivity index is 2.67. The molecule has 0 aliphatic heterocycles. The van der Waals surface area contributed by atoms with Gasteiger partial charge in [0.25, 0.3) is 5.91 Å². The number of benzene rings is 1. The molecule has 0 fully saturated rings. The lowest BCUT2D eigenvalue weighted by Gasteiger charge is -2.27. The highest BCUT2D eigenvalue weighted by atomic mass is 16.5. The predicted molar refractivity (Wildman–Crippen MR) is 83.2 cm³/mol. The molecule has 1 unspecified atom stereocenters. The summed E-state index contributed by atoms with van der Waals surface area (Å²) in [5.74, 6) is -1.09. The number of aryl methyl sites for hydroxylation is 2. The molecular weight excluding hydrogens is 280 g/mol. The Morgan fingerprint density at radius 3 is 2.55 bits per heavy atom. The van der Waals surface area contributed by atoms with Gasteiger partial charge in [0.05, 0.1) is 11.6 Å². The number of carbonyl (C=O) groups is 2. The van der Waals surface area contributed by atoms with Gasteiger partial charge in [0.1, 0.15) is 5.54 Å². The summed E-state index contributed by atoms with van der Waals surface area (Å²) in [4.78, 5) is 23.9. The number of rotatable bonds is 5. The maximum absolute atomic E-state index is 12.0. The Morgan fingerprint density at radius 2 is 2.00 bits per heavy atom. The molecule has 1 rings (SSSR count). The Hall–Kier alpha value is -2.35. The van der Waals surface area contributed by atoms with E-state index in [-0.39, 0.29) is 5.92 Å². The average molecular weight is 302 g/mol. The van der Waals surface area contributed by atoms with Gasteiger partial charge in [-0.2, -0.15) is 5.26 Å². The maximum atomic E-state index is 12.0. The molecule has 0 bridgehead atoms. The van der Waals surface area contributed by atoms with E-state index in [1.165, 1.54) is 0 Å². The van der Waals surface area contributed by atoms with Crippen molar-refractivity contribution in [1.29, 1.82) is 5.26 Å². The molecule has 0 saturated heterocycles. The van der Waals surface area contributed by atoms with E-state index >= 15 is 0 Å². The summed E-state index contributed by atoms with van der Waals surface area (Å²) in [5.41, 5.74) is 1.20. The molecule has 0 aliphatic rings. The summed E-state index contributed by atoms with van der Waals surface area (Å²) in [7, 11) is 0. The van der Waals surface area contributed by atoms with Gasteiger partial charge in [-0.15, -0.1) is 0 Å². The van der Waals surface area contributed by atoms with Gasteiger partial charge >= 0.3 is 5.97 Å². The number of nitrogens with zero attached hydrogens (tertiary/aromatic N) is 1. The van der Waals surface area contributed by atoms with Crippen LogP contribution in [0.25, 0.3) is 0 Å². The van der Waals surface area contributed by atoms with Crippen LogP contribution in [0.4, 0.5) is 0 Å². The molecule has 22 heavy (non-hydrogen) atoms. The Kier molecular flexibility index (Phi) is 5.69. The van der Waals surface area contributed by atoms with Crippen molar-refractivity contribution in [3.05, 3.63) is 34.9 Å². The van der Waals surface area contributed by atoms with Crippen LogP contribution in [0, 0.1) is 31.1 Å². The van der Waals surface area contributed by atoms with E-state index in [0.29, 0.717) is 5.56 Å². The largest absolute Gasteiger partial charge is 0.452 e. The van der Waals surface area contributed by atoms with Crippen LogP contribution in [0.1, 0.15) is 42.3 Å². The fourth-order valence-electron chi connectivity index (χ4n) is 1.79. The van der Waals surface area contributed by atoms with Crippen LogP contribution in [-0.2, 0) is 9.53 Å². The van der Waals surface area contributed by atoms with E-state index in [1.807, 2.05) is 39.8 Å². The van der Waals surface area contributed by atoms with Crippen molar-refractivity contribution in [2.24, 2.45) is 5.92 Å². The minimum Gasteiger partial charge on any atom is -0.452 e. The molecule has 0 aliphatic carbocycles. The second kappa shape index (κ2) is 7.08. The van der Waals surface area contributed by atoms with Gasteiger partial charge in [-0.3, -0.25) is 4.79 Å². The van der Waals surface area contributed by atoms with Crippen molar-refractivity contribution in [3.8, 4) is 6.07 Å². The lowest BCUT2D eigenvalue weighted by atomic mass is 9.90. The van der Waals surface area contributed by atoms with E-state index in [4.69, 9.17) is 10.00 Å². The van der Waals surface area contributed by atoms with Crippen LogP contribution >= 0.6 is 0 Å². The molecule has 1 atom stereocenters. The van der Waals surface area contributed by atoms with Crippen molar-refractivity contribution in [2.45, 2.75) is 40.2 Å².